The molecular formula is C7H16N2. The van der Waals surface area contributed by atoms with E-state index in [-0.39, 0.29) is 0 Å². The first-order valence-electron chi connectivity index (χ1n) is 3.48. The van der Waals surface area contributed by atoms with Gasteiger partial charge in [0.1, 0.15) is 0 Å². The molecule has 0 fully saturated rings. The fourth-order valence-corrected chi connectivity index (χ4v) is 0.621. The average Bonchev–Trinajstić information content (AvgIpc) is 1.89. The summed E-state index contributed by atoms with van der Waals surface area (Å²) in [6.07, 6.45) is 3.52. The van der Waals surface area contributed by atoms with E-state index >= 15 is 0 Å². The molecule has 0 amide bonds. The lowest BCUT2D eigenvalue weighted by atomic mass is 10.3. The van der Waals surface area contributed by atoms with E-state index in [1.54, 1.807) is 0 Å². The third kappa shape index (κ3) is 5.50. The van der Waals surface area contributed by atoms with Crippen LogP contribution in [-0.4, -0.2) is 31.3 Å². The van der Waals surface area contributed by atoms with Crippen LogP contribution in [0.4, 0.5) is 0 Å². The fourth-order valence-electron chi connectivity index (χ4n) is 0.621. The van der Waals surface area contributed by atoms with Crippen LogP contribution in [0.15, 0.2) is 0 Å². The van der Waals surface area contributed by atoms with Crippen LogP contribution in [0.1, 0.15) is 19.8 Å². The lowest BCUT2D eigenvalue weighted by Crippen LogP contribution is -2.18. The van der Waals surface area contributed by atoms with Crippen molar-refractivity contribution >= 4 is 6.21 Å². The van der Waals surface area contributed by atoms with Crippen molar-refractivity contribution in [3.63, 3.8) is 0 Å². The standard InChI is InChI=1S/C7H16N2/c1-3-9(2)7-5-4-6-8/h6,8H,3-5,7H2,1-2H3. The number of nitrogens with zero attached hydrogens (tertiary/aromatic N) is 1. The summed E-state index contributed by atoms with van der Waals surface area (Å²) < 4.78 is 0. The van der Waals surface area contributed by atoms with Gasteiger partial charge < -0.3 is 10.3 Å². The van der Waals surface area contributed by atoms with Crippen molar-refractivity contribution < 1.29 is 0 Å². The van der Waals surface area contributed by atoms with Gasteiger partial charge in [-0.3, -0.25) is 0 Å². The van der Waals surface area contributed by atoms with E-state index in [0.717, 1.165) is 25.9 Å². The summed E-state index contributed by atoms with van der Waals surface area (Å²) in [6, 6.07) is 0. The molecule has 2 heteroatoms. The molecule has 0 spiro atoms. The van der Waals surface area contributed by atoms with E-state index in [0.29, 0.717) is 0 Å². The second-order valence-corrected chi connectivity index (χ2v) is 2.24. The minimum Gasteiger partial charge on any atom is -0.313 e. The molecular weight excluding hydrogens is 112 g/mol. The summed E-state index contributed by atoms with van der Waals surface area (Å²) >= 11 is 0. The molecule has 54 valence electrons. The molecule has 0 rings (SSSR count). The van der Waals surface area contributed by atoms with E-state index in [1.165, 1.54) is 6.21 Å². The molecule has 0 aromatic rings. The normalized spacial score (nSPS) is 10.1. The monoisotopic (exact) mass is 128 g/mol. The summed E-state index contributed by atoms with van der Waals surface area (Å²) in [5, 5.41) is 6.76. The number of nitrogens with one attached hydrogen (secondary N) is 1. The van der Waals surface area contributed by atoms with Gasteiger partial charge in [0.05, 0.1) is 0 Å². The molecule has 0 aliphatic heterocycles. The molecule has 0 aromatic carbocycles. The molecule has 0 saturated carbocycles. The molecule has 2 nitrogen and oxygen atoms in total. The van der Waals surface area contributed by atoms with Crippen molar-refractivity contribution in [1.82, 2.24) is 4.90 Å². The van der Waals surface area contributed by atoms with E-state index in [2.05, 4.69) is 18.9 Å². The van der Waals surface area contributed by atoms with Crippen LogP contribution in [0.3, 0.4) is 0 Å². The Balaban J connectivity index is 2.96. The molecule has 0 bridgehead atoms. The molecule has 1 N–H and O–H groups in total. The highest BCUT2D eigenvalue weighted by Crippen LogP contribution is 1.88. The molecule has 0 saturated heterocycles. The van der Waals surface area contributed by atoms with Crippen LogP contribution < -0.4 is 0 Å². The highest BCUT2D eigenvalue weighted by atomic mass is 15.1. The predicted octanol–water partition coefficient (Wildman–Crippen LogP) is 1.37. The van der Waals surface area contributed by atoms with Crippen molar-refractivity contribution in [1.29, 1.82) is 5.41 Å². The second kappa shape index (κ2) is 5.76. The SMILES string of the molecule is CCN(C)CCCC=N. The highest BCUT2D eigenvalue weighted by molar-refractivity contribution is 5.52. The number of rotatable bonds is 5. The molecule has 9 heavy (non-hydrogen) atoms. The van der Waals surface area contributed by atoms with Crippen molar-refractivity contribution in [2.45, 2.75) is 19.8 Å². The summed E-state index contributed by atoms with van der Waals surface area (Å²) in [5.41, 5.74) is 0. The van der Waals surface area contributed by atoms with Crippen LogP contribution in [0.5, 0.6) is 0 Å². The maximum absolute atomic E-state index is 6.76. The minimum atomic E-state index is 0.921. The number of hydrogen-bond acceptors (Lipinski definition) is 2. The molecule has 0 aliphatic rings. The smallest absolute Gasteiger partial charge is 0.00184 e. The predicted molar refractivity (Wildman–Crippen MR) is 41.2 cm³/mol. The first kappa shape index (κ1) is 8.63. The lowest BCUT2D eigenvalue weighted by molar-refractivity contribution is 0.350. The Kier molecular flexibility index (Phi) is 5.52. The zero-order valence-electron chi connectivity index (χ0n) is 6.35. The van der Waals surface area contributed by atoms with Crippen LogP contribution >= 0.6 is 0 Å². The molecule has 0 unspecified atom stereocenters. The van der Waals surface area contributed by atoms with Crippen molar-refractivity contribution in [2.75, 3.05) is 20.1 Å². The van der Waals surface area contributed by atoms with Gasteiger partial charge in [0.15, 0.2) is 0 Å². The molecule has 0 atom stereocenters. The van der Waals surface area contributed by atoms with Crippen LogP contribution in [0, 0.1) is 5.41 Å². The molecule has 0 aliphatic carbocycles. The second-order valence-electron chi connectivity index (χ2n) is 2.24. The van der Waals surface area contributed by atoms with Crippen LogP contribution in [0.25, 0.3) is 0 Å². The van der Waals surface area contributed by atoms with Gasteiger partial charge in [-0.25, -0.2) is 0 Å². The fraction of sp³-hybridized carbons (Fsp3) is 0.857. The van der Waals surface area contributed by atoms with Crippen LogP contribution in [-0.2, 0) is 0 Å². The number of hydrogen-bond donors (Lipinski definition) is 1. The minimum absolute atomic E-state index is 0.921. The van der Waals surface area contributed by atoms with Gasteiger partial charge in [0.25, 0.3) is 0 Å². The third-order valence-electron chi connectivity index (χ3n) is 1.43. The molecule has 0 heterocycles. The van der Waals surface area contributed by atoms with Gasteiger partial charge in [0, 0.05) is 0 Å². The maximum Gasteiger partial charge on any atom is -0.00184 e. The Labute approximate surface area is 57.4 Å². The van der Waals surface area contributed by atoms with Crippen molar-refractivity contribution in [2.24, 2.45) is 0 Å². The summed E-state index contributed by atoms with van der Waals surface area (Å²) in [4.78, 5) is 2.25. The van der Waals surface area contributed by atoms with E-state index in [9.17, 15) is 0 Å². The maximum atomic E-state index is 6.76. The first-order valence-corrected chi connectivity index (χ1v) is 3.48. The zero-order chi connectivity index (χ0) is 7.11. The van der Waals surface area contributed by atoms with Crippen molar-refractivity contribution in [3.05, 3.63) is 0 Å². The van der Waals surface area contributed by atoms with Gasteiger partial charge in [-0.05, 0) is 39.2 Å². The van der Waals surface area contributed by atoms with E-state index < -0.39 is 0 Å². The molecule has 0 aromatic heterocycles. The van der Waals surface area contributed by atoms with E-state index in [1.807, 2.05) is 0 Å². The Bertz CT molecular complexity index is 71.3. The van der Waals surface area contributed by atoms with Gasteiger partial charge in [-0.1, -0.05) is 6.92 Å². The van der Waals surface area contributed by atoms with Gasteiger partial charge in [-0.15, -0.1) is 0 Å². The average molecular weight is 128 g/mol. The Morgan fingerprint density at radius 2 is 2.22 bits per heavy atom. The first-order chi connectivity index (χ1) is 4.31. The molecule has 0 radical (unpaired) electrons. The lowest BCUT2D eigenvalue weighted by Gasteiger charge is -2.11. The quantitative estimate of drug-likeness (QED) is 0.439. The van der Waals surface area contributed by atoms with Gasteiger partial charge >= 0.3 is 0 Å². The summed E-state index contributed by atoms with van der Waals surface area (Å²) in [6.45, 7) is 4.37. The third-order valence-corrected chi connectivity index (χ3v) is 1.43. The topological polar surface area (TPSA) is 27.1 Å². The Morgan fingerprint density at radius 3 is 2.67 bits per heavy atom. The highest BCUT2D eigenvalue weighted by Gasteiger charge is 1.90. The van der Waals surface area contributed by atoms with Crippen LogP contribution in [0.2, 0.25) is 0 Å². The summed E-state index contributed by atoms with van der Waals surface area (Å²) in [5.74, 6) is 0. The largest absolute Gasteiger partial charge is 0.313 e. The zero-order valence-corrected chi connectivity index (χ0v) is 6.35. The van der Waals surface area contributed by atoms with Gasteiger partial charge in [-0.2, -0.15) is 0 Å². The van der Waals surface area contributed by atoms with Crippen molar-refractivity contribution in [3.8, 4) is 0 Å². The Hall–Kier alpha value is -0.370. The summed E-state index contributed by atoms with van der Waals surface area (Å²) in [7, 11) is 2.10. The van der Waals surface area contributed by atoms with E-state index in [4.69, 9.17) is 5.41 Å². The Morgan fingerprint density at radius 1 is 1.56 bits per heavy atom. The number of unbranched alkanes of at least 4 members (excludes halogenated alkanes) is 1. The van der Waals surface area contributed by atoms with Gasteiger partial charge in [0.2, 0.25) is 0 Å².